The molecular weight excluding hydrogens is 336 g/mol. The highest BCUT2D eigenvalue weighted by atomic mass is 79.9. The molecule has 0 heterocycles. The number of nitrogens with one attached hydrogen (secondary N) is 1. The number of hydrogen-bond donors (Lipinski definition) is 1. The Hall–Kier alpha value is -1.13. The van der Waals surface area contributed by atoms with Gasteiger partial charge in [0.25, 0.3) is 0 Å². The fraction of sp³-hybridized carbons (Fsp3) is 0.143. The maximum atomic E-state index is 13.8. The molecule has 0 saturated carbocycles. The number of anilines is 1. The summed E-state index contributed by atoms with van der Waals surface area (Å²) in [5, 5.41) is 3.56. The average molecular weight is 347 g/mol. The van der Waals surface area contributed by atoms with Crippen molar-refractivity contribution in [2.45, 2.75) is 13.5 Å². The van der Waals surface area contributed by atoms with E-state index < -0.39 is 11.6 Å². The van der Waals surface area contributed by atoms with Gasteiger partial charge >= 0.3 is 0 Å². The second-order valence-corrected chi connectivity index (χ2v) is 5.40. The van der Waals surface area contributed by atoms with Gasteiger partial charge in [-0.25, -0.2) is 8.78 Å². The van der Waals surface area contributed by atoms with Gasteiger partial charge < -0.3 is 5.32 Å². The van der Waals surface area contributed by atoms with Gasteiger partial charge in [-0.1, -0.05) is 17.7 Å². The molecule has 0 fully saturated rings. The molecule has 0 unspecified atom stereocenters. The van der Waals surface area contributed by atoms with Crippen molar-refractivity contribution >= 4 is 33.2 Å². The van der Waals surface area contributed by atoms with E-state index in [4.69, 9.17) is 11.6 Å². The van der Waals surface area contributed by atoms with E-state index in [1.165, 1.54) is 12.1 Å². The third-order valence-electron chi connectivity index (χ3n) is 2.78. The van der Waals surface area contributed by atoms with Crippen molar-refractivity contribution in [2.75, 3.05) is 5.32 Å². The smallest absolute Gasteiger partial charge is 0.145 e. The van der Waals surface area contributed by atoms with E-state index in [-0.39, 0.29) is 16.6 Å². The summed E-state index contributed by atoms with van der Waals surface area (Å²) >= 11 is 9.02. The van der Waals surface area contributed by atoms with Gasteiger partial charge in [0.15, 0.2) is 0 Å². The lowest BCUT2D eigenvalue weighted by Crippen LogP contribution is -2.05. The second kappa shape index (κ2) is 5.88. The first-order chi connectivity index (χ1) is 8.99. The van der Waals surface area contributed by atoms with Gasteiger partial charge in [-0.15, -0.1) is 0 Å². The van der Waals surface area contributed by atoms with Gasteiger partial charge in [-0.3, -0.25) is 0 Å². The van der Waals surface area contributed by atoms with Crippen LogP contribution in [0.4, 0.5) is 14.5 Å². The summed E-state index contributed by atoms with van der Waals surface area (Å²) in [6.07, 6.45) is 0. The Morgan fingerprint density at radius 3 is 2.63 bits per heavy atom. The van der Waals surface area contributed by atoms with E-state index in [0.717, 1.165) is 11.3 Å². The lowest BCUT2D eigenvalue weighted by Gasteiger charge is -2.10. The largest absolute Gasteiger partial charge is 0.381 e. The topological polar surface area (TPSA) is 12.0 Å². The molecule has 0 aliphatic heterocycles. The molecular formula is C14H11BrClF2N. The summed E-state index contributed by atoms with van der Waals surface area (Å²) in [5.74, 6) is -1.17. The molecule has 1 nitrogen and oxygen atoms in total. The predicted octanol–water partition coefficient (Wildman–Crippen LogP) is 5.30. The zero-order valence-corrected chi connectivity index (χ0v) is 12.4. The van der Waals surface area contributed by atoms with Crippen LogP contribution < -0.4 is 5.32 Å². The molecule has 2 rings (SSSR count). The SMILES string of the molecule is Cc1ccc(NCc2c(F)ccc(Br)c2F)cc1Cl. The fourth-order valence-electron chi connectivity index (χ4n) is 1.62. The Bertz CT molecular complexity index is 617. The van der Waals surface area contributed by atoms with Crippen molar-refractivity contribution in [3.05, 3.63) is 62.6 Å². The van der Waals surface area contributed by atoms with E-state index in [2.05, 4.69) is 21.2 Å². The molecule has 0 amide bonds. The minimum Gasteiger partial charge on any atom is -0.381 e. The Kier molecular flexibility index (Phi) is 4.42. The van der Waals surface area contributed by atoms with Gasteiger partial charge in [0, 0.05) is 22.8 Å². The molecule has 1 N–H and O–H groups in total. The van der Waals surface area contributed by atoms with Crippen LogP contribution in [0.3, 0.4) is 0 Å². The van der Waals surface area contributed by atoms with Gasteiger partial charge in [0.2, 0.25) is 0 Å². The monoisotopic (exact) mass is 345 g/mol. The Morgan fingerprint density at radius 2 is 1.95 bits per heavy atom. The molecule has 0 aromatic heterocycles. The van der Waals surface area contributed by atoms with Crippen LogP contribution in [-0.4, -0.2) is 0 Å². The van der Waals surface area contributed by atoms with E-state index >= 15 is 0 Å². The van der Waals surface area contributed by atoms with Crippen LogP contribution in [0.1, 0.15) is 11.1 Å². The number of rotatable bonds is 3. The Labute approximate surface area is 123 Å². The third-order valence-corrected chi connectivity index (χ3v) is 3.80. The predicted molar refractivity (Wildman–Crippen MR) is 77.6 cm³/mol. The van der Waals surface area contributed by atoms with Crippen LogP contribution in [0.2, 0.25) is 5.02 Å². The minimum absolute atomic E-state index is 0.00827. The zero-order valence-electron chi connectivity index (χ0n) is 10.1. The normalized spacial score (nSPS) is 10.6. The number of halogens is 4. The highest BCUT2D eigenvalue weighted by Crippen LogP contribution is 2.24. The summed E-state index contributed by atoms with van der Waals surface area (Å²) < 4.78 is 27.5. The maximum Gasteiger partial charge on any atom is 0.145 e. The number of benzene rings is 2. The van der Waals surface area contributed by atoms with E-state index in [9.17, 15) is 8.78 Å². The van der Waals surface area contributed by atoms with Crippen LogP contribution in [0.25, 0.3) is 0 Å². The van der Waals surface area contributed by atoms with Crippen molar-refractivity contribution in [2.24, 2.45) is 0 Å². The van der Waals surface area contributed by atoms with Crippen LogP contribution in [0, 0.1) is 18.6 Å². The molecule has 5 heteroatoms. The van der Waals surface area contributed by atoms with E-state index in [1.54, 1.807) is 6.07 Å². The van der Waals surface area contributed by atoms with Crippen molar-refractivity contribution in [1.29, 1.82) is 0 Å². The highest BCUT2D eigenvalue weighted by molar-refractivity contribution is 9.10. The van der Waals surface area contributed by atoms with Gasteiger partial charge in [0.05, 0.1) is 4.47 Å². The summed E-state index contributed by atoms with van der Waals surface area (Å²) in [6, 6.07) is 7.96. The second-order valence-electron chi connectivity index (χ2n) is 4.14. The van der Waals surface area contributed by atoms with Crippen LogP contribution in [0.5, 0.6) is 0 Å². The zero-order chi connectivity index (χ0) is 14.0. The van der Waals surface area contributed by atoms with Crippen molar-refractivity contribution < 1.29 is 8.78 Å². The lowest BCUT2D eigenvalue weighted by atomic mass is 10.2. The van der Waals surface area contributed by atoms with Gasteiger partial charge in [0.1, 0.15) is 11.6 Å². The lowest BCUT2D eigenvalue weighted by molar-refractivity contribution is 0.555. The average Bonchev–Trinajstić information content (AvgIpc) is 2.38. The van der Waals surface area contributed by atoms with E-state index in [1.807, 2.05) is 19.1 Å². The molecule has 2 aromatic rings. The summed E-state index contributed by atoms with van der Waals surface area (Å²) in [4.78, 5) is 0. The van der Waals surface area contributed by atoms with E-state index in [0.29, 0.717) is 5.02 Å². The molecule has 0 atom stereocenters. The Balaban J connectivity index is 2.19. The maximum absolute atomic E-state index is 13.8. The molecule has 19 heavy (non-hydrogen) atoms. The molecule has 2 aromatic carbocycles. The van der Waals surface area contributed by atoms with Gasteiger partial charge in [-0.05, 0) is 52.7 Å². The fourth-order valence-corrected chi connectivity index (χ4v) is 2.18. The molecule has 0 bridgehead atoms. The first-order valence-electron chi connectivity index (χ1n) is 5.61. The quantitative estimate of drug-likeness (QED) is 0.744. The third kappa shape index (κ3) is 3.25. The molecule has 0 aliphatic rings. The minimum atomic E-state index is -0.592. The first kappa shape index (κ1) is 14.3. The van der Waals surface area contributed by atoms with Gasteiger partial charge in [-0.2, -0.15) is 0 Å². The van der Waals surface area contributed by atoms with Crippen LogP contribution in [0.15, 0.2) is 34.8 Å². The summed E-state index contributed by atoms with van der Waals surface area (Å²) in [6.45, 7) is 1.94. The summed E-state index contributed by atoms with van der Waals surface area (Å²) in [5.41, 5.74) is 1.66. The number of aryl methyl sites for hydroxylation is 1. The van der Waals surface area contributed by atoms with Crippen molar-refractivity contribution in [1.82, 2.24) is 0 Å². The molecule has 0 spiro atoms. The van der Waals surface area contributed by atoms with Crippen molar-refractivity contribution in [3.8, 4) is 0 Å². The molecule has 100 valence electrons. The highest BCUT2D eigenvalue weighted by Gasteiger charge is 2.12. The van der Waals surface area contributed by atoms with Crippen LogP contribution in [-0.2, 0) is 6.54 Å². The molecule has 0 radical (unpaired) electrons. The molecule has 0 saturated heterocycles. The first-order valence-corrected chi connectivity index (χ1v) is 6.78. The summed E-state index contributed by atoms with van der Waals surface area (Å²) in [7, 11) is 0. The van der Waals surface area contributed by atoms with Crippen molar-refractivity contribution in [3.63, 3.8) is 0 Å². The molecule has 0 aliphatic carbocycles. The standard InChI is InChI=1S/C14H11BrClF2N/c1-8-2-3-9(6-12(8)16)19-7-10-13(17)5-4-11(15)14(10)18/h2-6,19H,7H2,1H3. The number of hydrogen-bond acceptors (Lipinski definition) is 1. The van der Waals surface area contributed by atoms with Crippen LogP contribution >= 0.6 is 27.5 Å². The Morgan fingerprint density at radius 1 is 1.21 bits per heavy atom.